The monoisotopic (exact) mass is 360 g/mol. The van der Waals surface area contributed by atoms with Crippen LogP contribution in [0, 0.1) is 0 Å². The Bertz CT molecular complexity index is 449. The van der Waals surface area contributed by atoms with Gasteiger partial charge in [0.15, 0.2) is 0 Å². The highest BCUT2D eigenvalue weighted by atomic mass is 16.5. The second-order valence-electron chi connectivity index (χ2n) is 5.10. The third-order valence-electron chi connectivity index (χ3n) is 2.97. The largest absolute Gasteiger partial charge is 0.364 e. The number of anilines is 3. The lowest BCUT2D eigenvalue weighted by molar-refractivity contribution is 0.136. The van der Waals surface area contributed by atoms with Crippen LogP contribution in [0.15, 0.2) is 0 Å². The highest BCUT2D eigenvalue weighted by molar-refractivity contribution is 5.45. The van der Waals surface area contributed by atoms with Crippen molar-refractivity contribution in [3.63, 3.8) is 0 Å². The first kappa shape index (κ1) is 21.3. The summed E-state index contributed by atoms with van der Waals surface area (Å²) in [7, 11) is 9.77. The molecule has 1 aromatic heterocycles. The molecule has 0 aromatic carbocycles. The molecule has 0 saturated carbocycles. The SMILES string of the molecule is COCN(C)c1nc(N(COC)COC)nc(N(COC)COC)n1. The molecule has 11 nitrogen and oxygen atoms in total. The predicted octanol–water partition coefficient (Wildman–Crippen LogP) is -0.0599. The molecule has 0 spiro atoms. The van der Waals surface area contributed by atoms with Crippen LogP contribution < -0.4 is 14.7 Å². The van der Waals surface area contributed by atoms with Gasteiger partial charge in [0.2, 0.25) is 17.8 Å². The smallest absolute Gasteiger partial charge is 0.235 e. The number of nitrogens with zero attached hydrogens (tertiary/aromatic N) is 6. The summed E-state index contributed by atoms with van der Waals surface area (Å²) in [6, 6.07) is 0. The number of rotatable bonds is 13. The van der Waals surface area contributed by atoms with E-state index in [1.165, 1.54) is 0 Å². The Kier molecular flexibility index (Phi) is 9.96. The lowest BCUT2D eigenvalue weighted by Gasteiger charge is -2.26. The Balaban J connectivity index is 3.28. The molecule has 0 radical (unpaired) electrons. The van der Waals surface area contributed by atoms with Gasteiger partial charge in [-0.15, -0.1) is 0 Å². The zero-order valence-electron chi connectivity index (χ0n) is 15.8. The van der Waals surface area contributed by atoms with Gasteiger partial charge in [-0.1, -0.05) is 0 Å². The average Bonchev–Trinajstić information content (AvgIpc) is 2.61. The maximum absolute atomic E-state index is 5.20. The number of methoxy groups -OCH3 is 5. The fourth-order valence-corrected chi connectivity index (χ4v) is 1.98. The first-order chi connectivity index (χ1) is 12.1. The van der Waals surface area contributed by atoms with Crippen LogP contribution in [0.1, 0.15) is 0 Å². The maximum Gasteiger partial charge on any atom is 0.235 e. The standard InChI is InChI=1S/C14H28N6O5/c1-18(7-21-2)12-15-13(19(8-22-3)9-23-4)17-14(16-12)20(10-24-5)11-25-6/h7-11H2,1-6H3. The molecule has 1 rings (SSSR count). The van der Waals surface area contributed by atoms with Gasteiger partial charge in [0.25, 0.3) is 0 Å². The van der Waals surface area contributed by atoms with E-state index in [1.54, 1.807) is 50.2 Å². The molecule has 0 aliphatic heterocycles. The van der Waals surface area contributed by atoms with Crippen LogP contribution in [0.5, 0.6) is 0 Å². The molecular formula is C14H28N6O5. The minimum Gasteiger partial charge on any atom is -0.364 e. The molecule has 0 amide bonds. The fraction of sp³-hybridized carbons (Fsp3) is 0.786. The molecule has 0 aliphatic carbocycles. The van der Waals surface area contributed by atoms with E-state index >= 15 is 0 Å². The predicted molar refractivity (Wildman–Crippen MR) is 92.6 cm³/mol. The first-order valence-electron chi connectivity index (χ1n) is 7.53. The Labute approximate surface area is 148 Å². The van der Waals surface area contributed by atoms with Crippen LogP contribution in [0.3, 0.4) is 0 Å². The minimum absolute atomic E-state index is 0.263. The van der Waals surface area contributed by atoms with Crippen molar-refractivity contribution >= 4 is 17.8 Å². The van der Waals surface area contributed by atoms with Gasteiger partial charge < -0.3 is 28.6 Å². The van der Waals surface area contributed by atoms with Crippen LogP contribution in [-0.2, 0) is 23.7 Å². The Hall–Kier alpha value is -1.79. The van der Waals surface area contributed by atoms with Crippen molar-refractivity contribution in [1.82, 2.24) is 15.0 Å². The lowest BCUT2D eigenvalue weighted by Crippen LogP contribution is -2.34. The highest BCUT2D eigenvalue weighted by Crippen LogP contribution is 2.18. The number of aromatic nitrogens is 3. The third kappa shape index (κ3) is 6.55. The summed E-state index contributed by atoms with van der Waals surface area (Å²) in [5, 5.41) is 0. The van der Waals surface area contributed by atoms with Crippen LogP contribution in [0.4, 0.5) is 17.8 Å². The molecule has 0 aliphatic rings. The summed E-state index contributed by atoms with van der Waals surface area (Å²) in [5.74, 6) is 1.25. The van der Waals surface area contributed by atoms with Gasteiger partial charge in [-0.2, -0.15) is 15.0 Å². The van der Waals surface area contributed by atoms with Crippen molar-refractivity contribution < 1.29 is 23.7 Å². The average molecular weight is 360 g/mol. The molecule has 144 valence electrons. The summed E-state index contributed by atoms with van der Waals surface area (Å²) >= 11 is 0. The van der Waals surface area contributed by atoms with Gasteiger partial charge >= 0.3 is 0 Å². The quantitative estimate of drug-likeness (QED) is 0.443. The van der Waals surface area contributed by atoms with Gasteiger partial charge in [-0.05, 0) is 0 Å². The van der Waals surface area contributed by atoms with Crippen molar-refractivity contribution in [2.24, 2.45) is 0 Å². The molecule has 0 unspecified atom stereocenters. The summed E-state index contributed by atoms with van der Waals surface area (Å²) < 4.78 is 25.9. The number of hydrogen-bond acceptors (Lipinski definition) is 11. The van der Waals surface area contributed by atoms with Crippen LogP contribution in [-0.4, -0.2) is 91.2 Å². The van der Waals surface area contributed by atoms with E-state index in [9.17, 15) is 0 Å². The molecule has 0 N–H and O–H groups in total. The maximum atomic E-state index is 5.20. The van der Waals surface area contributed by atoms with Crippen LogP contribution in [0.2, 0.25) is 0 Å². The molecule has 0 fully saturated rings. The van der Waals surface area contributed by atoms with Crippen molar-refractivity contribution in [2.75, 3.05) is 91.0 Å². The number of hydrogen-bond donors (Lipinski definition) is 0. The molecular weight excluding hydrogens is 332 g/mol. The van der Waals surface area contributed by atoms with Gasteiger partial charge in [0.05, 0.1) is 0 Å². The van der Waals surface area contributed by atoms with E-state index in [0.717, 1.165) is 0 Å². The molecule has 11 heteroatoms. The molecule has 0 saturated heterocycles. The van der Waals surface area contributed by atoms with Crippen molar-refractivity contribution in [2.45, 2.75) is 0 Å². The molecule has 0 bridgehead atoms. The Morgan fingerprint density at radius 3 is 1.20 bits per heavy atom. The Morgan fingerprint density at radius 2 is 0.880 bits per heavy atom. The van der Waals surface area contributed by atoms with Crippen molar-refractivity contribution in [1.29, 1.82) is 0 Å². The van der Waals surface area contributed by atoms with Crippen molar-refractivity contribution in [3.05, 3.63) is 0 Å². The van der Waals surface area contributed by atoms with E-state index in [1.807, 2.05) is 7.05 Å². The van der Waals surface area contributed by atoms with E-state index in [-0.39, 0.29) is 26.9 Å². The van der Waals surface area contributed by atoms with Crippen LogP contribution in [0.25, 0.3) is 0 Å². The normalized spacial score (nSPS) is 10.8. The summed E-state index contributed by atoms with van der Waals surface area (Å²) in [4.78, 5) is 18.7. The van der Waals surface area contributed by atoms with E-state index < -0.39 is 0 Å². The number of ether oxygens (including phenoxy) is 5. The van der Waals surface area contributed by atoms with Crippen molar-refractivity contribution in [3.8, 4) is 0 Å². The second kappa shape index (κ2) is 11.7. The van der Waals surface area contributed by atoms with E-state index in [2.05, 4.69) is 15.0 Å². The van der Waals surface area contributed by atoms with Gasteiger partial charge in [0.1, 0.15) is 33.7 Å². The second-order valence-corrected chi connectivity index (χ2v) is 5.10. The highest BCUT2D eigenvalue weighted by Gasteiger charge is 2.19. The lowest BCUT2D eigenvalue weighted by atomic mass is 10.6. The fourth-order valence-electron chi connectivity index (χ4n) is 1.98. The zero-order chi connectivity index (χ0) is 18.7. The summed E-state index contributed by atoms with van der Waals surface area (Å²) in [6.45, 7) is 1.38. The van der Waals surface area contributed by atoms with E-state index in [4.69, 9.17) is 23.7 Å². The molecule has 25 heavy (non-hydrogen) atoms. The van der Waals surface area contributed by atoms with Gasteiger partial charge in [-0.3, -0.25) is 9.80 Å². The molecule has 1 heterocycles. The summed E-state index contributed by atoms with van der Waals surface area (Å²) in [6.07, 6.45) is 0. The zero-order valence-corrected chi connectivity index (χ0v) is 15.8. The van der Waals surface area contributed by atoms with E-state index in [0.29, 0.717) is 24.6 Å². The minimum atomic E-state index is 0.263. The van der Waals surface area contributed by atoms with Gasteiger partial charge in [0, 0.05) is 42.6 Å². The Morgan fingerprint density at radius 1 is 0.560 bits per heavy atom. The van der Waals surface area contributed by atoms with Crippen LogP contribution >= 0.6 is 0 Å². The molecule has 0 atom stereocenters. The van der Waals surface area contributed by atoms with Gasteiger partial charge in [-0.25, -0.2) is 0 Å². The third-order valence-corrected chi connectivity index (χ3v) is 2.97. The molecule has 1 aromatic rings. The topological polar surface area (TPSA) is 94.5 Å². The summed E-state index contributed by atoms with van der Waals surface area (Å²) in [5.41, 5.74) is 0. The first-order valence-corrected chi connectivity index (χ1v) is 7.53.